The van der Waals surface area contributed by atoms with E-state index in [1.165, 1.54) is 103 Å². The predicted molar refractivity (Wildman–Crippen MR) is 491 cm³/mol. The molecule has 15 aromatic rings. The Morgan fingerprint density at radius 1 is 0.237 bits per heavy atom. The van der Waals surface area contributed by atoms with Gasteiger partial charge in [0.1, 0.15) is 0 Å². The van der Waals surface area contributed by atoms with Gasteiger partial charge in [-0.25, -0.2) is 0 Å². The molecule has 0 atom stereocenters. The zero-order valence-corrected chi connectivity index (χ0v) is 73.1. The zero-order chi connectivity index (χ0) is 80.5. The molecule has 0 saturated carbocycles. The molecule has 0 N–H and O–H groups in total. The number of benzene rings is 12. The molecule has 7 heterocycles. The van der Waals surface area contributed by atoms with E-state index in [4.69, 9.17) is 37.2 Å². The van der Waals surface area contributed by atoms with Gasteiger partial charge < -0.3 is 50.9 Å². The number of halogens is 3. The van der Waals surface area contributed by atoms with Crippen LogP contribution in [0.25, 0.3) is 105 Å². The van der Waals surface area contributed by atoms with E-state index >= 15 is 0 Å². The molecule has 4 aliphatic rings. The van der Waals surface area contributed by atoms with E-state index in [2.05, 4.69) is 397 Å². The van der Waals surface area contributed by atoms with Crippen LogP contribution >= 0.6 is 54.5 Å². The van der Waals surface area contributed by atoms with Gasteiger partial charge in [0.05, 0.1) is 77.9 Å². The molecular formula is C96H96B4Br2IN3O8. The Morgan fingerprint density at radius 3 is 0.816 bits per heavy atom. The highest BCUT2D eigenvalue weighted by Crippen LogP contribution is 2.45. The van der Waals surface area contributed by atoms with Gasteiger partial charge in [-0.3, -0.25) is 0 Å². The minimum Gasteiger partial charge on any atom is -0.405 e. The molecule has 0 aliphatic carbocycles. The average molecular weight is 1750 g/mol. The summed E-state index contributed by atoms with van der Waals surface area (Å²) in [6, 6.07) is 103. The normalized spacial score (nSPS) is 17.8. The number of rotatable bonds is 8. The van der Waals surface area contributed by atoms with Gasteiger partial charge >= 0.3 is 28.3 Å². The molecule has 0 unspecified atom stereocenters. The molecule has 0 radical (unpaired) electrons. The Hall–Kier alpha value is -8.33. The van der Waals surface area contributed by atoms with E-state index in [1.807, 2.05) is 73.6 Å². The van der Waals surface area contributed by atoms with Gasteiger partial charge in [0.25, 0.3) is 0 Å². The quantitative estimate of drug-likeness (QED) is 0.110. The van der Waals surface area contributed by atoms with Crippen molar-refractivity contribution in [3.8, 4) is 39.3 Å². The van der Waals surface area contributed by atoms with Crippen LogP contribution < -0.4 is 10.9 Å². The molecule has 576 valence electrons. The summed E-state index contributed by atoms with van der Waals surface area (Å²) in [4.78, 5) is 0. The van der Waals surface area contributed by atoms with Gasteiger partial charge in [0, 0.05) is 61.9 Å². The van der Waals surface area contributed by atoms with E-state index in [0.29, 0.717) is 0 Å². The van der Waals surface area contributed by atoms with Crippen molar-refractivity contribution < 1.29 is 37.2 Å². The van der Waals surface area contributed by atoms with Crippen LogP contribution in [0.1, 0.15) is 111 Å². The second-order valence-corrected chi connectivity index (χ2v) is 36.9. The Labute approximate surface area is 702 Å². The summed E-state index contributed by atoms with van der Waals surface area (Å²) in [5.74, 6) is 0. The highest BCUT2D eigenvalue weighted by Gasteiger charge is 2.64. The summed E-state index contributed by atoms with van der Waals surface area (Å²) in [5, 5.41) is 7.53. The molecule has 18 heteroatoms. The lowest BCUT2D eigenvalue weighted by atomic mass is 9.49. The van der Waals surface area contributed by atoms with Crippen molar-refractivity contribution >= 4 is 159 Å². The fraction of sp³-hybridized carbons (Fsp3) is 0.250. The van der Waals surface area contributed by atoms with Crippen molar-refractivity contribution in [1.82, 2.24) is 13.7 Å². The summed E-state index contributed by atoms with van der Waals surface area (Å²) < 4.78 is 59.4. The summed E-state index contributed by atoms with van der Waals surface area (Å²) in [7, 11) is -1.65. The fourth-order valence-electron chi connectivity index (χ4n) is 14.9. The molecule has 0 amide bonds. The standard InChI is InChI=1S/C30H28BNO2.C24H24BNO2.C24H16BrN.C12H24B2O4.C6H4BrI/c1-29(2)30(3,4)34-31(33-29)23-17-14-21(15-18-23)22-16-19-28-26(20-22)25-12-8-9-13-27(25)32(28)24-10-6-5-7-11-24;1-23(2)24(3,4)28-25(27-23)17-14-15-22-20(16-17)19-12-8-9-13-21(19)26(22)18-10-6-5-7-11-18;25-19-13-10-17(11-14-19)18-12-15-24-22(16-18)21-8-4-5-9-23(21)26(24)20-6-2-1-3-7-20;1-9(2)10(3,4)16-13(15-9)14-17-11(5,6)12(7,8)18-14;7-5-1-3-6(8)4-2-5/h5-20H,1-4H3;5-16H,1-4H3;1-16H;1-8H3;1-4H. The van der Waals surface area contributed by atoms with Gasteiger partial charge in [-0.15, -0.1) is 0 Å². The van der Waals surface area contributed by atoms with Crippen molar-refractivity contribution in [2.45, 2.75) is 156 Å². The molecule has 114 heavy (non-hydrogen) atoms. The SMILES string of the molecule is Brc1ccc(-c2ccc3c(c2)c2ccccc2n3-c2ccccc2)cc1.Brc1ccc(I)cc1.CC1(C)OB(B2OC(C)(C)C(C)(C)O2)OC1(C)C.CC1(C)OB(c2ccc(-c3ccc4c(c3)c3ccccc3n4-c3ccccc3)cc2)OC1(C)C.CC1(C)OB(c2ccc3c(c2)c2ccccc2n3-c2ccccc2)OC1(C)C. The van der Waals surface area contributed by atoms with E-state index in [1.54, 1.807) is 0 Å². The smallest absolute Gasteiger partial charge is 0.405 e. The maximum atomic E-state index is 6.27. The minimum absolute atomic E-state index is 0.339. The Kier molecular flexibility index (Phi) is 22.4. The fourth-order valence-corrected chi connectivity index (χ4v) is 15.8. The molecule has 4 saturated heterocycles. The van der Waals surface area contributed by atoms with Crippen LogP contribution in [-0.4, -0.2) is 86.8 Å². The summed E-state index contributed by atoms with van der Waals surface area (Å²) in [6.45, 7) is 32.9. The lowest BCUT2D eigenvalue weighted by Gasteiger charge is -2.32. The van der Waals surface area contributed by atoms with Crippen molar-refractivity contribution in [1.29, 1.82) is 0 Å². The zero-order valence-electron chi connectivity index (χ0n) is 67.8. The third-order valence-corrected chi connectivity index (χ3v) is 25.9. The third-order valence-electron chi connectivity index (χ3n) is 24.1. The number of fused-ring (bicyclic) bond motifs is 9. The van der Waals surface area contributed by atoms with Gasteiger partial charge in [-0.05, 0) is 288 Å². The van der Waals surface area contributed by atoms with Gasteiger partial charge in [-0.2, -0.15) is 0 Å². The van der Waals surface area contributed by atoms with Crippen LogP contribution in [0.4, 0.5) is 0 Å². The highest BCUT2D eigenvalue weighted by atomic mass is 127. The first kappa shape index (κ1) is 80.8. The van der Waals surface area contributed by atoms with E-state index in [9.17, 15) is 0 Å². The number of hydrogen-bond donors (Lipinski definition) is 0. The van der Waals surface area contributed by atoms with Crippen LogP contribution in [0.3, 0.4) is 0 Å². The predicted octanol–water partition coefficient (Wildman–Crippen LogP) is 24.3. The van der Waals surface area contributed by atoms with E-state index < -0.39 is 14.0 Å². The molecule has 3 aromatic heterocycles. The Balaban J connectivity index is 0.000000118. The summed E-state index contributed by atoms with van der Waals surface area (Å²) >= 11 is 9.13. The second-order valence-electron chi connectivity index (χ2n) is 33.8. The first-order chi connectivity index (χ1) is 54.2. The topological polar surface area (TPSA) is 88.6 Å². The largest absolute Gasteiger partial charge is 0.494 e. The molecule has 0 spiro atoms. The van der Waals surface area contributed by atoms with Crippen molar-refractivity contribution in [2.24, 2.45) is 0 Å². The van der Waals surface area contributed by atoms with Crippen LogP contribution in [0.2, 0.25) is 0 Å². The van der Waals surface area contributed by atoms with Crippen molar-refractivity contribution in [3.63, 3.8) is 0 Å². The maximum Gasteiger partial charge on any atom is 0.494 e. The van der Waals surface area contributed by atoms with E-state index in [-0.39, 0.29) is 59.0 Å². The highest BCUT2D eigenvalue weighted by molar-refractivity contribution is 14.1. The first-order valence-electron chi connectivity index (χ1n) is 39.2. The van der Waals surface area contributed by atoms with Crippen molar-refractivity contribution in [3.05, 3.63) is 304 Å². The van der Waals surface area contributed by atoms with Crippen molar-refractivity contribution in [2.75, 3.05) is 0 Å². The molecule has 19 rings (SSSR count). The Morgan fingerprint density at radius 2 is 0.482 bits per heavy atom. The number of hydrogen-bond acceptors (Lipinski definition) is 8. The molecule has 12 aromatic carbocycles. The first-order valence-corrected chi connectivity index (χ1v) is 41.8. The molecule has 11 nitrogen and oxygen atoms in total. The lowest BCUT2D eigenvalue weighted by Crippen LogP contribution is -2.41. The van der Waals surface area contributed by atoms with Crippen LogP contribution in [0.5, 0.6) is 0 Å². The molecule has 0 bridgehead atoms. The molecule has 4 fully saturated rings. The number of nitrogens with zero attached hydrogens (tertiary/aromatic N) is 3. The molecular weight excluding hydrogens is 1650 g/mol. The molecule has 4 aliphatic heterocycles. The monoisotopic (exact) mass is 1750 g/mol. The van der Waals surface area contributed by atoms with E-state index in [0.717, 1.165) is 25.6 Å². The van der Waals surface area contributed by atoms with Crippen LogP contribution in [0, 0.1) is 3.57 Å². The van der Waals surface area contributed by atoms with Gasteiger partial charge in [0.2, 0.25) is 0 Å². The Bertz CT molecular complexity index is 5850. The van der Waals surface area contributed by atoms with Gasteiger partial charge in [-0.1, -0.05) is 202 Å². The van der Waals surface area contributed by atoms with Crippen LogP contribution in [0.15, 0.2) is 300 Å². The minimum atomic E-state index is -0.476. The average Bonchev–Trinajstić information content (AvgIpc) is 1.60. The second kappa shape index (κ2) is 31.6. The lowest BCUT2D eigenvalue weighted by molar-refractivity contribution is 0.00578. The summed E-state index contributed by atoms with van der Waals surface area (Å²) in [6.07, 6.45) is 0. The number of aromatic nitrogens is 3. The maximum absolute atomic E-state index is 6.27. The van der Waals surface area contributed by atoms with Gasteiger partial charge in [0.15, 0.2) is 0 Å². The van der Waals surface area contributed by atoms with Crippen LogP contribution in [-0.2, 0) is 37.2 Å². The summed E-state index contributed by atoms with van der Waals surface area (Å²) in [5.41, 5.74) is 15.0. The third kappa shape index (κ3) is 16.0. The number of para-hydroxylation sites is 6.